The number of anilines is 1. The van der Waals surface area contributed by atoms with Gasteiger partial charge in [0.2, 0.25) is 0 Å². The fourth-order valence-corrected chi connectivity index (χ4v) is 2.37. The number of nitrogens with one attached hydrogen (secondary N) is 1. The summed E-state index contributed by atoms with van der Waals surface area (Å²) in [7, 11) is 0. The molecule has 0 aromatic heterocycles. The summed E-state index contributed by atoms with van der Waals surface area (Å²) in [4.78, 5) is 10.7. The van der Waals surface area contributed by atoms with Gasteiger partial charge < -0.3 is 10.4 Å². The highest BCUT2D eigenvalue weighted by atomic mass is 79.9. The third kappa shape index (κ3) is 2.42. The zero-order chi connectivity index (χ0) is 12.4. The Bertz CT molecular complexity index is 490. The van der Waals surface area contributed by atoms with Crippen LogP contribution in [-0.2, 0) is 4.79 Å². The fourth-order valence-electron chi connectivity index (χ4n) is 1.92. The van der Waals surface area contributed by atoms with E-state index in [0.717, 1.165) is 10.2 Å². The number of carbonyl (C=O) groups is 1. The lowest BCUT2D eigenvalue weighted by Gasteiger charge is -2.33. The summed E-state index contributed by atoms with van der Waals surface area (Å²) in [6.45, 7) is 0. The second kappa shape index (κ2) is 4.76. The van der Waals surface area contributed by atoms with Gasteiger partial charge in [0.15, 0.2) is 0 Å². The highest BCUT2D eigenvalue weighted by molar-refractivity contribution is 9.10. The van der Waals surface area contributed by atoms with Crippen molar-refractivity contribution in [3.05, 3.63) is 28.2 Å². The molecule has 1 aliphatic carbocycles. The molecule has 1 saturated carbocycles. The molecular formula is C12H11BrN2O2. The maximum absolute atomic E-state index is 10.7. The largest absolute Gasteiger partial charge is 0.481 e. The summed E-state index contributed by atoms with van der Waals surface area (Å²) in [5, 5.41) is 21.0. The van der Waals surface area contributed by atoms with E-state index in [9.17, 15) is 4.79 Å². The van der Waals surface area contributed by atoms with Crippen LogP contribution in [0.2, 0.25) is 0 Å². The van der Waals surface area contributed by atoms with Crippen LogP contribution in [0.1, 0.15) is 18.4 Å². The van der Waals surface area contributed by atoms with E-state index >= 15 is 0 Å². The monoisotopic (exact) mass is 294 g/mol. The molecule has 0 atom stereocenters. The van der Waals surface area contributed by atoms with Gasteiger partial charge in [0.25, 0.3) is 0 Å². The van der Waals surface area contributed by atoms with Crippen LogP contribution < -0.4 is 5.32 Å². The van der Waals surface area contributed by atoms with Crippen molar-refractivity contribution in [1.29, 1.82) is 5.26 Å². The number of aliphatic carboxylic acids is 1. The number of hydrogen-bond acceptors (Lipinski definition) is 3. The van der Waals surface area contributed by atoms with Crippen LogP contribution in [0, 0.1) is 17.2 Å². The Morgan fingerprint density at radius 1 is 1.53 bits per heavy atom. The summed E-state index contributed by atoms with van der Waals surface area (Å²) in [6, 6.07) is 7.76. The quantitative estimate of drug-likeness (QED) is 0.899. The minimum absolute atomic E-state index is 0.150. The number of nitriles is 1. The summed E-state index contributed by atoms with van der Waals surface area (Å²) < 4.78 is 0.749. The van der Waals surface area contributed by atoms with Gasteiger partial charge in [-0.1, -0.05) is 6.07 Å². The fraction of sp³-hybridized carbons (Fsp3) is 0.333. The van der Waals surface area contributed by atoms with Crippen molar-refractivity contribution in [2.45, 2.75) is 18.9 Å². The Labute approximate surface area is 107 Å². The van der Waals surface area contributed by atoms with Gasteiger partial charge in [-0.05, 0) is 40.9 Å². The second-order valence-electron chi connectivity index (χ2n) is 4.12. The molecule has 0 radical (unpaired) electrons. The van der Waals surface area contributed by atoms with E-state index in [1.54, 1.807) is 0 Å². The number of halogens is 1. The lowest BCUT2D eigenvalue weighted by atomic mass is 9.80. The molecule has 0 saturated heterocycles. The zero-order valence-corrected chi connectivity index (χ0v) is 10.6. The van der Waals surface area contributed by atoms with Crippen molar-refractivity contribution in [3.8, 4) is 6.07 Å². The molecule has 17 heavy (non-hydrogen) atoms. The number of benzene rings is 1. The Morgan fingerprint density at radius 3 is 2.82 bits per heavy atom. The molecule has 1 fully saturated rings. The Kier molecular flexibility index (Phi) is 3.34. The predicted octanol–water partition coefficient (Wildman–Crippen LogP) is 2.60. The predicted molar refractivity (Wildman–Crippen MR) is 66.6 cm³/mol. The van der Waals surface area contributed by atoms with Crippen molar-refractivity contribution in [2.24, 2.45) is 5.92 Å². The SMILES string of the molecule is N#Cc1c(Br)cccc1NC1CC(C(=O)O)C1. The normalized spacial score (nSPS) is 22.4. The molecule has 0 aliphatic heterocycles. The molecule has 1 aromatic rings. The lowest BCUT2D eigenvalue weighted by Crippen LogP contribution is -2.39. The number of rotatable bonds is 3. The first-order valence-corrected chi connectivity index (χ1v) is 6.09. The van der Waals surface area contributed by atoms with Gasteiger partial charge in [-0.15, -0.1) is 0 Å². The Balaban J connectivity index is 2.04. The van der Waals surface area contributed by atoms with Gasteiger partial charge in [0.1, 0.15) is 6.07 Å². The van der Waals surface area contributed by atoms with Gasteiger partial charge in [-0.25, -0.2) is 0 Å². The number of carboxylic acids is 1. The van der Waals surface area contributed by atoms with Crippen LogP contribution >= 0.6 is 15.9 Å². The smallest absolute Gasteiger partial charge is 0.306 e. The standard InChI is InChI=1S/C12H11BrN2O2/c13-10-2-1-3-11(9(10)6-14)15-8-4-7(5-8)12(16)17/h1-3,7-8,15H,4-5H2,(H,16,17). The molecule has 0 spiro atoms. The maximum atomic E-state index is 10.7. The highest BCUT2D eigenvalue weighted by Gasteiger charge is 2.34. The summed E-state index contributed by atoms with van der Waals surface area (Å²) in [5.41, 5.74) is 1.32. The van der Waals surface area contributed by atoms with E-state index in [4.69, 9.17) is 10.4 Å². The van der Waals surface area contributed by atoms with E-state index in [1.807, 2.05) is 18.2 Å². The van der Waals surface area contributed by atoms with Crippen molar-refractivity contribution < 1.29 is 9.90 Å². The number of carboxylic acid groups (broad SMARTS) is 1. The minimum Gasteiger partial charge on any atom is -0.481 e. The molecule has 88 valence electrons. The van der Waals surface area contributed by atoms with Crippen molar-refractivity contribution >= 4 is 27.6 Å². The van der Waals surface area contributed by atoms with Crippen LogP contribution in [0.5, 0.6) is 0 Å². The van der Waals surface area contributed by atoms with Gasteiger partial charge in [0.05, 0.1) is 17.2 Å². The molecule has 0 heterocycles. The zero-order valence-electron chi connectivity index (χ0n) is 8.98. The minimum atomic E-state index is -0.738. The Morgan fingerprint density at radius 2 is 2.24 bits per heavy atom. The van der Waals surface area contributed by atoms with Gasteiger partial charge in [0, 0.05) is 10.5 Å². The topological polar surface area (TPSA) is 73.1 Å². The van der Waals surface area contributed by atoms with E-state index in [2.05, 4.69) is 27.3 Å². The van der Waals surface area contributed by atoms with E-state index in [0.29, 0.717) is 18.4 Å². The van der Waals surface area contributed by atoms with Crippen LogP contribution in [0.4, 0.5) is 5.69 Å². The van der Waals surface area contributed by atoms with Crippen LogP contribution in [0.3, 0.4) is 0 Å². The van der Waals surface area contributed by atoms with E-state index in [-0.39, 0.29) is 12.0 Å². The molecule has 1 aliphatic rings. The third-order valence-electron chi connectivity index (χ3n) is 2.97. The second-order valence-corrected chi connectivity index (χ2v) is 4.98. The maximum Gasteiger partial charge on any atom is 0.306 e. The van der Waals surface area contributed by atoms with Gasteiger partial charge >= 0.3 is 5.97 Å². The van der Waals surface area contributed by atoms with Crippen molar-refractivity contribution in [1.82, 2.24) is 0 Å². The molecular weight excluding hydrogens is 284 g/mol. The van der Waals surface area contributed by atoms with Gasteiger partial charge in [-0.3, -0.25) is 4.79 Å². The summed E-state index contributed by atoms with van der Waals surface area (Å²) in [6.07, 6.45) is 1.24. The molecule has 0 unspecified atom stereocenters. The first-order chi connectivity index (χ1) is 8.11. The Hall–Kier alpha value is -1.54. The number of hydrogen-bond donors (Lipinski definition) is 2. The van der Waals surface area contributed by atoms with Crippen molar-refractivity contribution in [2.75, 3.05) is 5.32 Å². The average Bonchev–Trinajstić information content (AvgIpc) is 2.22. The summed E-state index contributed by atoms with van der Waals surface area (Å²) >= 11 is 3.32. The van der Waals surface area contributed by atoms with Crippen LogP contribution in [0.15, 0.2) is 22.7 Å². The van der Waals surface area contributed by atoms with Crippen molar-refractivity contribution in [3.63, 3.8) is 0 Å². The summed E-state index contributed by atoms with van der Waals surface area (Å²) in [5.74, 6) is -0.983. The van der Waals surface area contributed by atoms with Gasteiger partial charge in [-0.2, -0.15) is 5.26 Å². The van der Waals surface area contributed by atoms with Crippen LogP contribution in [0.25, 0.3) is 0 Å². The average molecular weight is 295 g/mol. The highest BCUT2D eigenvalue weighted by Crippen LogP contribution is 2.32. The first kappa shape index (κ1) is 11.9. The molecule has 0 bridgehead atoms. The molecule has 4 nitrogen and oxygen atoms in total. The molecule has 0 amide bonds. The molecule has 1 aromatic carbocycles. The first-order valence-electron chi connectivity index (χ1n) is 5.29. The lowest BCUT2D eigenvalue weighted by molar-refractivity contribution is -0.144. The number of nitrogens with zero attached hydrogens (tertiary/aromatic N) is 1. The third-order valence-corrected chi connectivity index (χ3v) is 3.63. The van der Waals surface area contributed by atoms with E-state index < -0.39 is 5.97 Å². The molecule has 2 rings (SSSR count). The molecule has 2 N–H and O–H groups in total. The van der Waals surface area contributed by atoms with Crippen LogP contribution in [-0.4, -0.2) is 17.1 Å². The van der Waals surface area contributed by atoms with E-state index in [1.165, 1.54) is 0 Å². The molecule has 5 heteroatoms.